The number of likely N-dealkylation sites (tertiary alicyclic amines) is 1. The largest absolute Gasteiger partial charge is 0.508 e. The molecular weight excluding hydrogens is 901 g/mol. The van der Waals surface area contributed by atoms with Crippen molar-refractivity contribution in [3.05, 3.63) is 148 Å². The van der Waals surface area contributed by atoms with E-state index in [1.807, 2.05) is 94.1 Å². The number of ketones is 1. The molecular formula is C54H62BN7O9. The first kappa shape index (κ1) is 50.3. The van der Waals surface area contributed by atoms with E-state index in [1.165, 1.54) is 29.2 Å². The van der Waals surface area contributed by atoms with Crippen LogP contribution in [0.2, 0.25) is 5.82 Å². The zero-order valence-corrected chi connectivity index (χ0v) is 41.3. The van der Waals surface area contributed by atoms with Crippen LogP contribution in [-0.4, -0.2) is 95.4 Å². The lowest BCUT2D eigenvalue weighted by molar-refractivity contribution is -0.121. The summed E-state index contributed by atoms with van der Waals surface area (Å²) < 4.78 is 21.3. The molecule has 2 aromatic heterocycles. The van der Waals surface area contributed by atoms with E-state index in [-0.39, 0.29) is 64.9 Å². The Labute approximate surface area is 414 Å². The number of ether oxygens (including phenoxy) is 1. The van der Waals surface area contributed by atoms with Gasteiger partial charge in [0.15, 0.2) is 11.6 Å². The first-order valence-corrected chi connectivity index (χ1v) is 24.3. The molecule has 4 heterocycles. The van der Waals surface area contributed by atoms with Gasteiger partial charge in [-0.1, -0.05) is 70.2 Å². The summed E-state index contributed by atoms with van der Waals surface area (Å²) in [5.41, 5.74) is 1.60. The number of Topliss-reactive ketones (excluding diaryl/α,β-unsaturated/α-hetero) is 1. The summed E-state index contributed by atoms with van der Waals surface area (Å²) in [6.45, 7) is 15.0. The number of aromatic amines is 1. The number of nitrogens with zero attached hydrogens (tertiary/aromatic N) is 5. The maximum Gasteiger partial charge on any atom is 0.461 e. The number of aromatic nitrogens is 5. The van der Waals surface area contributed by atoms with Crippen LogP contribution in [-0.2, 0) is 26.1 Å². The number of carbonyl (C=O) groups is 3. The van der Waals surface area contributed by atoms with Gasteiger partial charge in [0.25, 0.3) is 11.8 Å². The van der Waals surface area contributed by atoms with Crippen molar-refractivity contribution in [1.29, 1.82) is 0 Å². The summed E-state index contributed by atoms with van der Waals surface area (Å²) >= 11 is 0. The number of piperidine rings is 1. The van der Waals surface area contributed by atoms with Crippen molar-refractivity contribution in [3.8, 4) is 34.3 Å². The topological polar surface area (TPSA) is 211 Å². The molecule has 4 aromatic carbocycles. The molecule has 0 saturated carbocycles. The molecule has 1 unspecified atom stereocenters. The summed E-state index contributed by atoms with van der Waals surface area (Å²) in [7, 11) is -0.726. The van der Waals surface area contributed by atoms with Crippen LogP contribution in [0.25, 0.3) is 17.1 Å². The van der Waals surface area contributed by atoms with E-state index in [0.717, 1.165) is 11.1 Å². The first-order chi connectivity index (χ1) is 33.9. The van der Waals surface area contributed by atoms with Gasteiger partial charge in [-0.25, -0.2) is 19.4 Å². The third-order valence-electron chi connectivity index (χ3n) is 13.8. The van der Waals surface area contributed by atoms with E-state index in [1.54, 1.807) is 30.3 Å². The third-order valence-corrected chi connectivity index (χ3v) is 13.8. The highest BCUT2D eigenvalue weighted by molar-refractivity contribution is 6.48. The number of phenols is 2. The lowest BCUT2D eigenvalue weighted by Crippen LogP contribution is -2.44. The molecule has 2 amide bonds. The standard InChI is InChI=1S/C54H62BN7O9/c1-33(2)27-38(29-48(65)44(28-35-11-9-8-10-12-35)58-50(66)45-32-56-23-24-57-45)55-70-53(5,6)54(7,71-55)37-15-13-36(14-16-37)51(67)61-25-21-41(22-26-61)69-40-19-17-39(18-20-40)62-49(59-60-52(62)68)43-30-42(34(3)4)46(63)31-47(43)64/h8-20,23-24,30-34,38,41,44,63-64H,21-22,25-29H2,1-7H3,(H,58,66)(H,60,68)/t38-,44+,54?/m1/s1. The number of phenolic OH excluding ortho intramolecular Hbond substituents is 2. The molecule has 17 heteroatoms. The number of benzene rings is 4. The Morgan fingerprint density at radius 2 is 1.61 bits per heavy atom. The normalized spacial score (nSPS) is 17.9. The van der Waals surface area contributed by atoms with Gasteiger partial charge in [0, 0.05) is 62.2 Å². The maximum absolute atomic E-state index is 14.3. The zero-order valence-electron chi connectivity index (χ0n) is 41.3. The van der Waals surface area contributed by atoms with Crippen molar-refractivity contribution in [2.45, 2.75) is 116 Å². The van der Waals surface area contributed by atoms with Crippen molar-refractivity contribution in [2.24, 2.45) is 5.92 Å². The minimum Gasteiger partial charge on any atom is -0.508 e. The molecule has 8 rings (SSSR count). The van der Waals surface area contributed by atoms with Crippen LogP contribution in [0.5, 0.6) is 17.2 Å². The molecule has 0 spiro atoms. The fraction of sp³-hybridized carbons (Fsp3) is 0.389. The highest BCUT2D eigenvalue weighted by Gasteiger charge is 2.57. The summed E-state index contributed by atoms with van der Waals surface area (Å²) in [4.78, 5) is 64.4. The number of amides is 2. The molecule has 0 radical (unpaired) electrons. The van der Waals surface area contributed by atoms with Crippen molar-refractivity contribution in [1.82, 2.24) is 34.9 Å². The van der Waals surface area contributed by atoms with E-state index in [0.29, 0.717) is 66.9 Å². The van der Waals surface area contributed by atoms with Crippen LogP contribution in [0.4, 0.5) is 0 Å². The van der Waals surface area contributed by atoms with Gasteiger partial charge in [-0.3, -0.25) is 19.4 Å². The van der Waals surface area contributed by atoms with E-state index >= 15 is 0 Å². The fourth-order valence-electron chi connectivity index (χ4n) is 9.56. The monoisotopic (exact) mass is 963 g/mol. The molecule has 370 valence electrons. The smallest absolute Gasteiger partial charge is 0.461 e. The Hall–Kier alpha value is -7.11. The molecule has 2 aliphatic heterocycles. The van der Waals surface area contributed by atoms with E-state index in [4.69, 9.17) is 14.0 Å². The van der Waals surface area contributed by atoms with Gasteiger partial charge in [-0.15, -0.1) is 0 Å². The minimum atomic E-state index is -0.931. The van der Waals surface area contributed by atoms with E-state index < -0.39 is 36.0 Å². The van der Waals surface area contributed by atoms with E-state index in [9.17, 15) is 29.4 Å². The van der Waals surface area contributed by atoms with Crippen molar-refractivity contribution < 1.29 is 38.6 Å². The average Bonchev–Trinajstić information content (AvgIpc) is 3.86. The Kier molecular flexibility index (Phi) is 14.9. The van der Waals surface area contributed by atoms with Gasteiger partial charge in [0.05, 0.1) is 29.1 Å². The van der Waals surface area contributed by atoms with Gasteiger partial charge in [0.2, 0.25) is 0 Å². The summed E-state index contributed by atoms with van der Waals surface area (Å²) in [5, 5.41) is 30.6. The summed E-state index contributed by atoms with van der Waals surface area (Å²) in [6.07, 6.45) is 6.47. The lowest BCUT2D eigenvalue weighted by Gasteiger charge is -2.37. The Morgan fingerprint density at radius 3 is 2.25 bits per heavy atom. The van der Waals surface area contributed by atoms with Gasteiger partial charge in [-0.2, -0.15) is 5.10 Å². The highest BCUT2D eigenvalue weighted by atomic mass is 16.7. The number of H-pyrrole nitrogens is 1. The number of nitrogens with one attached hydrogen (secondary N) is 2. The van der Waals surface area contributed by atoms with Crippen LogP contribution in [0.15, 0.2) is 114 Å². The maximum atomic E-state index is 14.3. The summed E-state index contributed by atoms with van der Waals surface area (Å²) in [5.74, 6) is -0.272. The molecule has 6 aromatic rings. The van der Waals surface area contributed by atoms with Crippen LogP contribution in [0, 0.1) is 5.92 Å². The third kappa shape index (κ3) is 11.1. The molecule has 0 aliphatic carbocycles. The Morgan fingerprint density at radius 1 is 0.901 bits per heavy atom. The van der Waals surface area contributed by atoms with Crippen molar-refractivity contribution in [3.63, 3.8) is 0 Å². The Bertz CT molecular complexity index is 2880. The average molecular weight is 964 g/mol. The minimum absolute atomic E-state index is 0.0323. The number of rotatable bonds is 17. The van der Waals surface area contributed by atoms with Crippen molar-refractivity contribution in [2.75, 3.05) is 13.1 Å². The number of aromatic hydroxyl groups is 2. The van der Waals surface area contributed by atoms with Crippen LogP contribution >= 0.6 is 0 Å². The second-order valence-electron chi connectivity index (χ2n) is 20.0. The second-order valence-corrected chi connectivity index (χ2v) is 20.0. The van der Waals surface area contributed by atoms with Gasteiger partial charge in [-0.05, 0) is 105 Å². The molecule has 71 heavy (non-hydrogen) atoms. The number of carbonyl (C=O) groups excluding carboxylic acids is 3. The number of hydrogen-bond acceptors (Lipinski definition) is 12. The predicted octanol–water partition coefficient (Wildman–Crippen LogP) is 8.18. The zero-order chi connectivity index (χ0) is 50.6. The van der Waals surface area contributed by atoms with Gasteiger partial charge >= 0.3 is 12.8 Å². The van der Waals surface area contributed by atoms with Crippen LogP contribution in [0.1, 0.15) is 118 Å². The Balaban J connectivity index is 0.889. The predicted molar refractivity (Wildman–Crippen MR) is 269 cm³/mol. The fourth-order valence-corrected chi connectivity index (χ4v) is 9.56. The van der Waals surface area contributed by atoms with Crippen LogP contribution in [0.3, 0.4) is 0 Å². The van der Waals surface area contributed by atoms with Crippen LogP contribution < -0.4 is 15.7 Å². The molecule has 0 bridgehead atoms. The highest BCUT2D eigenvalue weighted by Crippen LogP contribution is 2.49. The second kappa shape index (κ2) is 21.1. The first-order valence-electron chi connectivity index (χ1n) is 24.3. The summed E-state index contributed by atoms with van der Waals surface area (Å²) in [6, 6.07) is 26.2. The molecule has 3 atom stereocenters. The molecule has 2 fully saturated rings. The molecule has 16 nitrogen and oxygen atoms in total. The number of hydrogen-bond donors (Lipinski definition) is 4. The molecule has 2 aliphatic rings. The van der Waals surface area contributed by atoms with E-state index in [2.05, 4.69) is 39.3 Å². The SMILES string of the molecule is CC(C)C[C@H](CC(=O)[C@H](Cc1ccccc1)NC(=O)c1cnccn1)B1OC(C)(C)C(C)(c2ccc(C(=O)N3CCC(Oc4ccc(-n5c(-c6cc(C(C)C)c(O)cc6O)n[nH]c5=O)cc4)CC3)cc2)O1. The lowest BCUT2D eigenvalue weighted by atomic mass is 9.65. The van der Waals surface area contributed by atoms with Gasteiger partial charge < -0.3 is 34.5 Å². The quantitative estimate of drug-likeness (QED) is 0.0638. The molecule has 4 N–H and O–H groups in total. The van der Waals surface area contributed by atoms with Gasteiger partial charge in [0.1, 0.15) is 34.6 Å². The van der Waals surface area contributed by atoms with Crippen molar-refractivity contribution >= 4 is 24.7 Å². The molecule has 2 saturated heterocycles.